The van der Waals surface area contributed by atoms with Gasteiger partial charge in [-0.2, -0.15) is 0 Å². The summed E-state index contributed by atoms with van der Waals surface area (Å²) in [5.41, 5.74) is 5.79. The molecule has 0 spiro atoms. The minimum absolute atomic E-state index is 0.00802. The first kappa shape index (κ1) is 23.0. The number of amides is 3. The van der Waals surface area contributed by atoms with Crippen LogP contribution in [0.2, 0.25) is 5.02 Å². The van der Waals surface area contributed by atoms with Crippen LogP contribution in [0, 0.1) is 5.92 Å². The Balaban J connectivity index is 1.39. The van der Waals surface area contributed by atoms with E-state index in [9.17, 15) is 14.4 Å². The second-order valence-corrected chi connectivity index (χ2v) is 8.39. The van der Waals surface area contributed by atoms with Crippen molar-refractivity contribution in [1.82, 2.24) is 16.2 Å². The van der Waals surface area contributed by atoms with Crippen molar-refractivity contribution in [2.45, 2.75) is 12.8 Å². The summed E-state index contributed by atoms with van der Waals surface area (Å²) in [6.07, 6.45) is 1.83. The van der Waals surface area contributed by atoms with E-state index in [1.54, 1.807) is 42.5 Å². The van der Waals surface area contributed by atoms with E-state index in [1.165, 1.54) is 0 Å². The van der Waals surface area contributed by atoms with Crippen molar-refractivity contribution < 1.29 is 19.1 Å². The lowest BCUT2D eigenvalue weighted by Crippen LogP contribution is -2.49. The maximum Gasteiger partial charge on any atom is 0.269 e. The van der Waals surface area contributed by atoms with Crippen LogP contribution in [0.4, 0.5) is 5.69 Å². The monoisotopic (exact) mass is 524 g/mol. The quantitative estimate of drug-likeness (QED) is 0.341. The van der Waals surface area contributed by atoms with Gasteiger partial charge in [0.2, 0.25) is 5.91 Å². The van der Waals surface area contributed by atoms with Crippen LogP contribution in [0.15, 0.2) is 46.9 Å². The van der Waals surface area contributed by atoms with E-state index in [4.69, 9.17) is 28.6 Å². The molecule has 0 unspecified atom stereocenters. The normalized spacial score (nSPS) is 12.5. The van der Waals surface area contributed by atoms with Crippen LogP contribution in [0.25, 0.3) is 0 Å². The van der Waals surface area contributed by atoms with E-state index >= 15 is 0 Å². The number of ether oxygens (including phenoxy) is 1. The summed E-state index contributed by atoms with van der Waals surface area (Å²) in [7, 11) is 0. The second-order valence-electron chi connectivity index (χ2n) is 6.66. The first-order chi connectivity index (χ1) is 14.8. The first-order valence-electron chi connectivity index (χ1n) is 9.21. The molecule has 4 N–H and O–H groups in total. The van der Waals surface area contributed by atoms with Gasteiger partial charge in [-0.3, -0.25) is 30.6 Å². The number of benzene rings is 2. The zero-order valence-electron chi connectivity index (χ0n) is 16.0. The fourth-order valence-electron chi connectivity index (χ4n) is 2.41. The van der Waals surface area contributed by atoms with E-state index in [0.717, 1.165) is 17.3 Å². The molecule has 0 aromatic heterocycles. The van der Waals surface area contributed by atoms with Gasteiger partial charge in [0.05, 0.1) is 5.02 Å². The molecule has 1 aliphatic carbocycles. The highest BCUT2D eigenvalue weighted by Gasteiger charge is 2.29. The van der Waals surface area contributed by atoms with Crippen molar-refractivity contribution in [2.75, 3.05) is 11.9 Å². The van der Waals surface area contributed by atoms with E-state index in [2.05, 4.69) is 37.4 Å². The highest BCUT2D eigenvalue weighted by molar-refractivity contribution is 9.10. The topological polar surface area (TPSA) is 109 Å². The number of halogens is 2. The van der Waals surface area contributed by atoms with Gasteiger partial charge < -0.3 is 10.1 Å². The van der Waals surface area contributed by atoms with Crippen molar-refractivity contribution in [3.05, 3.63) is 57.5 Å². The van der Waals surface area contributed by atoms with E-state index in [0.29, 0.717) is 22.0 Å². The van der Waals surface area contributed by atoms with Gasteiger partial charge in [-0.1, -0.05) is 27.5 Å². The number of carbonyl (C=O) groups excluding carboxylic acids is 3. The Labute approximate surface area is 197 Å². The molecule has 2 aromatic rings. The summed E-state index contributed by atoms with van der Waals surface area (Å²) in [4.78, 5) is 35.9. The van der Waals surface area contributed by atoms with Gasteiger partial charge in [0.1, 0.15) is 5.75 Å². The van der Waals surface area contributed by atoms with Gasteiger partial charge in [0.25, 0.3) is 11.8 Å². The Morgan fingerprint density at radius 1 is 1.10 bits per heavy atom. The molecule has 0 radical (unpaired) electrons. The van der Waals surface area contributed by atoms with Crippen LogP contribution in [-0.2, 0) is 9.59 Å². The summed E-state index contributed by atoms with van der Waals surface area (Å²) in [5.74, 6) is -0.549. The molecule has 0 heterocycles. The van der Waals surface area contributed by atoms with Gasteiger partial charge in [-0.05, 0) is 67.5 Å². The van der Waals surface area contributed by atoms with Crippen LogP contribution in [0.5, 0.6) is 5.75 Å². The predicted molar refractivity (Wildman–Crippen MR) is 124 cm³/mol. The summed E-state index contributed by atoms with van der Waals surface area (Å²) in [6, 6.07) is 11.4. The Bertz CT molecular complexity index is 1010. The van der Waals surface area contributed by atoms with Crippen molar-refractivity contribution in [1.29, 1.82) is 0 Å². The maximum absolute atomic E-state index is 12.2. The lowest BCUT2D eigenvalue weighted by molar-refractivity contribution is -0.121. The van der Waals surface area contributed by atoms with Gasteiger partial charge in [0.15, 0.2) is 11.7 Å². The zero-order valence-corrected chi connectivity index (χ0v) is 19.2. The zero-order chi connectivity index (χ0) is 22.4. The fourth-order valence-corrected chi connectivity index (χ4v) is 3.30. The molecule has 2 aromatic carbocycles. The van der Waals surface area contributed by atoms with Gasteiger partial charge in [-0.15, -0.1) is 0 Å². The summed E-state index contributed by atoms with van der Waals surface area (Å²) < 4.78 is 6.12. The molecule has 3 amide bonds. The average Bonchev–Trinajstić information content (AvgIpc) is 3.57. The first-order valence-corrected chi connectivity index (χ1v) is 10.8. The highest BCUT2D eigenvalue weighted by Crippen LogP contribution is 2.30. The molecule has 3 rings (SSSR count). The second kappa shape index (κ2) is 10.6. The van der Waals surface area contributed by atoms with Gasteiger partial charge in [-0.25, -0.2) is 0 Å². The lowest BCUT2D eigenvalue weighted by Gasteiger charge is -2.12. The van der Waals surface area contributed by atoms with Crippen molar-refractivity contribution in [3.63, 3.8) is 0 Å². The molecule has 31 heavy (non-hydrogen) atoms. The molecule has 0 bridgehead atoms. The fraction of sp³-hybridized carbons (Fsp3) is 0.200. The third kappa shape index (κ3) is 7.20. The van der Waals surface area contributed by atoms with Crippen LogP contribution in [0.1, 0.15) is 23.2 Å². The third-order valence-corrected chi connectivity index (χ3v) is 5.15. The number of rotatable bonds is 6. The number of thiocarbonyl (C=S) groups is 1. The van der Waals surface area contributed by atoms with Crippen LogP contribution in [-0.4, -0.2) is 29.4 Å². The SMILES string of the molecule is O=C(COc1ccc(Br)cc1Cl)NC(=S)NNC(=O)c1ccc(NC(=O)C2CC2)cc1. The number of hydrogen-bond donors (Lipinski definition) is 4. The number of hydrogen-bond acceptors (Lipinski definition) is 5. The Morgan fingerprint density at radius 2 is 1.81 bits per heavy atom. The summed E-state index contributed by atoms with van der Waals surface area (Å²) in [6.45, 7) is -0.314. The predicted octanol–water partition coefficient (Wildman–Crippen LogP) is 3.17. The number of nitrogens with one attached hydrogen (secondary N) is 4. The number of hydrazine groups is 1. The van der Waals surface area contributed by atoms with Crippen molar-refractivity contribution in [3.8, 4) is 5.75 Å². The largest absolute Gasteiger partial charge is 0.482 e. The summed E-state index contributed by atoms with van der Waals surface area (Å²) >= 11 is 14.3. The molecule has 1 fully saturated rings. The molecule has 1 saturated carbocycles. The maximum atomic E-state index is 12.2. The molecule has 162 valence electrons. The highest BCUT2D eigenvalue weighted by atomic mass is 79.9. The van der Waals surface area contributed by atoms with E-state index < -0.39 is 11.8 Å². The van der Waals surface area contributed by atoms with Gasteiger partial charge in [0, 0.05) is 21.6 Å². The molecule has 0 aliphatic heterocycles. The van der Waals surface area contributed by atoms with Crippen LogP contribution in [0.3, 0.4) is 0 Å². The average molecular weight is 526 g/mol. The molecule has 1 aliphatic rings. The molecule has 8 nitrogen and oxygen atoms in total. The van der Waals surface area contributed by atoms with Crippen LogP contribution < -0.4 is 26.2 Å². The lowest BCUT2D eigenvalue weighted by atomic mass is 10.2. The molecule has 0 saturated heterocycles. The standard InChI is InChI=1S/C20H18BrClN4O4S/c21-13-5-8-16(15(22)9-13)30-10-17(27)24-20(31)26-25-19(29)12-3-6-14(7-4-12)23-18(28)11-1-2-11/h3-9,11H,1-2,10H2,(H,23,28)(H,25,29)(H2,24,26,27,31). The molecular weight excluding hydrogens is 508 g/mol. The Morgan fingerprint density at radius 3 is 2.45 bits per heavy atom. The summed E-state index contributed by atoms with van der Waals surface area (Å²) in [5, 5.41) is 5.43. The number of anilines is 1. The smallest absolute Gasteiger partial charge is 0.269 e. The van der Waals surface area contributed by atoms with E-state index in [-0.39, 0.29) is 23.5 Å². The Kier molecular flexibility index (Phi) is 7.83. The van der Waals surface area contributed by atoms with Crippen LogP contribution >= 0.6 is 39.7 Å². The molecule has 11 heteroatoms. The van der Waals surface area contributed by atoms with Crippen molar-refractivity contribution in [2.24, 2.45) is 5.92 Å². The number of carbonyl (C=O) groups is 3. The van der Waals surface area contributed by atoms with Gasteiger partial charge >= 0.3 is 0 Å². The van der Waals surface area contributed by atoms with E-state index in [1.807, 2.05) is 0 Å². The minimum atomic E-state index is -0.526. The molecule has 0 atom stereocenters. The van der Waals surface area contributed by atoms with Crippen molar-refractivity contribution >= 4 is 68.3 Å². The Hall–Kier alpha value is -2.69. The third-order valence-electron chi connectivity index (χ3n) is 4.16. The molecular formula is C20H18BrClN4O4S. The minimum Gasteiger partial charge on any atom is -0.482 e.